The van der Waals surface area contributed by atoms with Gasteiger partial charge in [-0.3, -0.25) is 4.99 Å². The van der Waals surface area contributed by atoms with Crippen LogP contribution in [0.25, 0.3) is 0 Å². The first-order valence-electron chi connectivity index (χ1n) is 5.83. The predicted molar refractivity (Wildman–Crippen MR) is 69.6 cm³/mol. The zero-order valence-corrected chi connectivity index (χ0v) is 10.6. The van der Waals surface area contributed by atoms with E-state index in [9.17, 15) is 0 Å². The van der Waals surface area contributed by atoms with Crippen molar-refractivity contribution in [2.45, 2.75) is 12.5 Å². The van der Waals surface area contributed by atoms with Crippen molar-refractivity contribution in [1.82, 2.24) is 10.2 Å². The normalized spacial score (nSPS) is 18.5. The molecule has 0 aromatic heterocycles. The van der Waals surface area contributed by atoms with E-state index in [0.717, 1.165) is 24.7 Å². The van der Waals surface area contributed by atoms with Crippen LogP contribution in [0.2, 0.25) is 0 Å². The molecule has 0 aliphatic carbocycles. The topological polar surface area (TPSA) is 36.9 Å². The first-order valence-corrected chi connectivity index (χ1v) is 5.83. The predicted octanol–water partition coefficient (Wildman–Crippen LogP) is 1.13. The van der Waals surface area contributed by atoms with Crippen LogP contribution < -0.4 is 10.1 Å². The zero-order chi connectivity index (χ0) is 12.3. The highest BCUT2D eigenvalue weighted by Gasteiger charge is 2.22. The zero-order valence-electron chi connectivity index (χ0n) is 10.6. The number of nitrogens with one attached hydrogen (secondary N) is 1. The van der Waals surface area contributed by atoms with Crippen molar-refractivity contribution < 1.29 is 4.74 Å². The third-order valence-corrected chi connectivity index (χ3v) is 2.84. The monoisotopic (exact) mass is 233 g/mol. The molecule has 17 heavy (non-hydrogen) atoms. The maximum Gasteiger partial charge on any atom is 0.193 e. The fraction of sp³-hybridized carbons (Fsp3) is 0.462. The lowest BCUT2D eigenvalue weighted by Gasteiger charge is -2.19. The molecule has 92 valence electrons. The molecule has 1 aromatic carbocycles. The number of para-hydroxylation sites is 1. The van der Waals surface area contributed by atoms with Gasteiger partial charge in [0.2, 0.25) is 0 Å². The number of fused-ring (bicyclic) bond motifs is 1. The van der Waals surface area contributed by atoms with Crippen LogP contribution in [0.4, 0.5) is 0 Å². The van der Waals surface area contributed by atoms with E-state index in [2.05, 4.69) is 22.4 Å². The van der Waals surface area contributed by atoms with Crippen molar-refractivity contribution in [2.24, 2.45) is 4.99 Å². The number of hydrogen-bond donors (Lipinski definition) is 1. The first-order chi connectivity index (χ1) is 8.20. The highest BCUT2D eigenvalue weighted by molar-refractivity contribution is 5.79. The summed E-state index contributed by atoms with van der Waals surface area (Å²) >= 11 is 0. The Balaban J connectivity index is 1.88. The van der Waals surface area contributed by atoms with Gasteiger partial charge in [-0.1, -0.05) is 18.2 Å². The highest BCUT2D eigenvalue weighted by atomic mass is 16.5. The van der Waals surface area contributed by atoms with Crippen molar-refractivity contribution in [1.29, 1.82) is 0 Å². The van der Waals surface area contributed by atoms with Gasteiger partial charge < -0.3 is 15.0 Å². The fourth-order valence-corrected chi connectivity index (χ4v) is 2.01. The third-order valence-electron chi connectivity index (χ3n) is 2.84. The fourth-order valence-electron chi connectivity index (χ4n) is 2.01. The molecular formula is C13H19N3O. The van der Waals surface area contributed by atoms with E-state index in [1.54, 1.807) is 7.05 Å². The van der Waals surface area contributed by atoms with E-state index >= 15 is 0 Å². The SMILES string of the molecule is CN=C(NCC1Cc2ccccc2O1)N(C)C. The van der Waals surface area contributed by atoms with Crippen LogP contribution >= 0.6 is 0 Å². The molecule has 1 heterocycles. The highest BCUT2D eigenvalue weighted by Crippen LogP contribution is 2.27. The molecule has 0 spiro atoms. The second-order valence-corrected chi connectivity index (χ2v) is 4.37. The minimum Gasteiger partial charge on any atom is -0.488 e. The number of benzene rings is 1. The lowest BCUT2D eigenvalue weighted by Crippen LogP contribution is -2.41. The van der Waals surface area contributed by atoms with Crippen LogP contribution in [0.15, 0.2) is 29.3 Å². The summed E-state index contributed by atoms with van der Waals surface area (Å²) < 4.78 is 5.85. The van der Waals surface area contributed by atoms with Crippen LogP contribution in [0.1, 0.15) is 5.56 Å². The van der Waals surface area contributed by atoms with Crippen molar-refractivity contribution in [2.75, 3.05) is 27.7 Å². The number of ether oxygens (including phenoxy) is 1. The molecule has 2 rings (SSSR count). The summed E-state index contributed by atoms with van der Waals surface area (Å²) in [5, 5.41) is 3.30. The van der Waals surface area contributed by atoms with Gasteiger partial charge in [0.25, 0.3) is 0 Å². The Hall–Kier alpha value is -1.71. The Morgan fingerprint density at radius 3 is 2.88 bits per heavy atom. The van der Waals surface area contributed by atoms with Crippen LogP contribution in [-0.4, -0.2) is 44.7 Å². The molecule has 1 aliphatic heterocycles. The number of hydrogen-bond acceptors (Lipinski definition) is 2. The van der Waals surface area contributed by atoms with E-state index in [4.69, 9.17) is 4.74 Å². The summed E-state index contributed by atoms with van der Waals surface area (Å²) in [6.45, 7) is 0.777. The number of nitrogens with zero attached hydrogens (tertiary/aromatic N) is 2. The van der Waals surface area contributed by atoms with E-state index < -0.39 is 0 Å². The van der Waals surface area contributed by atoms with Gasteiger partial charge >= 0.3 is 0 Å². The molecule has 0 fully saturated rings. The molecule has 4 heteroatoms. The van der Waals surface area contributed by atoms with Gasteiger partial charge in [0.05, 0.1) is 6.54 Å². The maximum atomic E-state index is 5.85. The molecule has 0 bridgehead atoms. The Morgan fingerprint density at radius 2 is 2.24 bits per heavy atom. The molecule has 0 amide bonds. The lowest BCUT2D eigenvalue weighted by molar-refractivity contribution is 0.234. The summed E-state index contributed by atoms with van der Waals surface area (Å²) in [7, 11) is 5.73. The van der Waals surface area contributed by atoms with Gasteiger partial charge in [-0.25, -0.2) is 0 Å². The number of guanidine groups is 1. The molecule has 0 saturated carbocycles. The van der Waals surface area contributed by atoms with Gasteiger partial charge in [-0.2, -0.15) is 0 Å². The minimum absolute atomic E-state index is 0.198. The van der Waals surface area contributed by atoms with Crippen molar-refractivity contribution in [3.05, 3.63) is 29.8 Å². The van der Waals surface area contributed by atoms with E-state index in [-0.39, 0.29) is 6.10 Å². The maximum absolute atomic E-state index is 5.85. The Kier molecular flexibility index (Phi) is 3.52. The van der Waals surface area contributed by atoms with E-state index in [0.29, 0.717) is 0 Å². The third kappa shape index (κ3) is 2.70. The van der Waals surface area contributed by atoms with Crippen LogP contribution in [0.5, 0.6) is 5.75 Å². The van der Waals surface area contributed by atoms with Crippen molar-refractivity contribution in [3.63, 3.8) is 0 Å². The minimum atomic E-state index is 0.198. The summed E-state index contributed by atoms with van der Waals surface area (Å²) in [6, 6.07) is 8.20. The molecule has 0 radical (unpaired) electrons. The van der Waals surface area contributed by atoms with Gasteiger partial charge in [0.15, 0.2) is 5.96 Å². The Bertz CT molecular complexity index is 390. The summed E-state index contributed by atoms with van der Waals surface area (Å²) in [6.07, 6.45) is 1.16. The molecular weight excluding hydrogens is 214 g/mol. The standard InChI is InChI=1S/C13H19N3O/c1-14-13(16(2)3)15-9-11-8-10-6-4-5-7-12(10)17-11/h4-7,11H,8-9H2,1-3H3,(H,14,15). The summed E-state index contributed by atoms with van der Waals surface area (Å²) in [5.74, 6) is 1.89. The van der Waals surface area contributed by atoms with Crippen LogP contribution in [0.3, 0.4) is 0 Å². The molecule has 1 aromatic rings. The van der Waals surface area contributed by atoms with Crippen molar-refractivity contribution in [3.8, 4) is 5.75 Å². The second kappa shape index (κ2) is 5.08. The summed E-state index contributed by atoms with van der Waals surface area (Å²) in [4.78, 5) is 6.13. The smallest absolute Gasteiger partial charge is 0.193 e. The van der Waals surface area contributed by atoms with Gasteiger partial charge in [-0.05, 0) is 11.6 Å². The molecule has 1 N–H and O–H groups in total. The Morgan fingerprint density at radius 1 is 1.47 bits per heavy atom. The number of aliphatic imine (C=N–C) groups is 1. The van der Waals surface area contributed by atoms with E-state index in [1.165, 1.54) is 5.56 Å². The summed E-state index contributed by atoms with van der Waals surface area (Å²) in [5.41, 5.74) is 1.29. The molecule has 1 aliphatic rings. The number of rotatable bonds is 2. The van der Waals surface area contributed by atoms with Crippen LogP contribution in [-0.2, 0) is 6.42 Å². The molecule has 1 atom stereocenters. The largest absolute Gasteiger partial charge is 0.488 e. The lowest BCUT2D eigenvalue weighted by atomic mass is 10.1. The van der Waals surface area contributed by atoms with Gasteiger partial charge in [-0.15, -0.1) is 0 Å². The van der Waals surface area contributed by atoms with E-state index in [1.807, 2.05) is 31.1 Å². The van der Waals surface area contributed by atoms with Crippen LogP contribution in [0, 0.1) is 0 Å². The quantitative estimate of drug-likeness (QED) is 0.614. The first kappa shape index (κ1) is 11.8. The average molecular weight is 233 g/mol. The molecule has 1 unspecified atom stereocenters. The van der Waals surface area contributed by atoms with Gasteiger partial charge in [0.1, 0.15) is 11.9 Å². The van der Waals surface area contributed by atoms with Crippen molar-refractivity contribution >= 4 is 5.96 Å². The Labute approximate surface area is 102 Å². The average Bonchev–Trinajstić information content (AvgIpc) is 2.71. The molecule has 0 saturated heterocycles. The van der Waals surface area contributed by atoms with Gasteiger partial charge in [0, 0.05) is 27.6 Å². The second-order valence-electron chi connectivity index (χ2n) is 4.37. The molecule has 4 nitrogen and oxygen atoms in total.